The average Bonchev–Trinajstić information content (AvgIpc) is 2.46. The number of allylic oxidation sites excluding steroid dienone is 1. The fourth-order valence-electron chi connectivity index (χ4n) is 2.04. The number of methoxy groups -OCH3 is 1. The first-order valence-corrected chi connectivity index (χ1v) is 7.22. The fourth-order valence-corrected chi connectivity index (χ4v) is 2.04. The first-order valence-electron chi connectivity index (χ1n) is 7.22. The number of hydrogen-bond acceptors (Lipinski definition) is 2. The summed E-state index contributed by atoms with van der Waals surface area (Å²) >= 11 is 0. The second-order valence-electron chi connectivity index (χ2n) is 4.88. The van der Waals surface area contributed by atoms with Crippen molar-refractivity contribution in [2.75, 3.05) is 7.11 Å². The lowest BCUT2D eigenvalue weighted by atomic mass is 10.0. The van der Waals surface area contributed by atoms with Gasteiger partial charge in [0.2, 0.25) is 0 Å². The maximum absolute atomic E-state index is 11.2. The van der Waals surface area contributed by atoms with Crippen molar-refractivity contribution in [2.45, 2.75) is 45.4 Å². The van der Waals surface area contributed by atoms with E-state index >= 15 is 0 Å². The van der Waals surface area contributed by atoms with E-state index in [4.69, 9.17) is 4.74 Å². The molecule has 0 radical (unpaired) electrons. The molecule has 3 nitrogen and oxygen atoms in total. The van der Waals surface area contributed by atoms with Crippen molar-refractivity contribution in [1.29, 1.82) is 0 Å². The average molecular weight is 276 g/mol. The third-order valence-corrected chi connectivity index (χ3v) is 3.32. The van der Waals surface area contributed by atoms with Gasteiger partial charge < -0.3 is 9.84 Å². The van der Waals surface area contributed by atoms with Crippen LogP contribution < -0.4 is 4.74 Å². The summed E-state index contributed by atoms with van der Waals surface area (Å²) in [5.41, 5.74) is 1.66. The minimum absolute atomic E-state index is 0.525. The Labute approximate surface area is 121 Å². The summed E-state index contributed by atoms with van der Waals surface area (Å²) in [6.45, 7) is 2.14. The summed E-state index contributed by atoms with van der Waals surface area (Å²) < 4.78 is 5.10. The van der Waals surface area contributed by atoms with Crippen LogP contribution in [0.15, 0.2) is 35.9 Å². The van der Waals surface area contributed by atoms with Crippen LogP contribution in [0.1, 0.15) is 44.6 Å². The Morgan fingerprint density at radius 1 is 1.25 bits per heavy atom. The molecule has 1 N–H and O–H groups in total. The molecule has 0 aliphatic carbocycles. The molecule has 20 heavy (non-hydrogen) atoms. The predicted molar refractivity (Wildman–Crippen MR) is 81.2 cm³/mol. The van der Waals surface area contributed by atoms with E-state index in [9.17, 15) is 9.90 Å². The van der Waals surface area contributed by atoms with Crippen LogP contribution in [0.25, 0.3) is 0 Å². The maximum atomic E-state index is 11.2. The van der Waals surface area contributed by atoms with Crippen LogP contribution in [-0.2, 0) is 11.2 Å². The lowest BCUT2D eigenvalue weighted by molar-refractivity contribution is -0.132. The van der Waals surface area contributed by atoms with E-state index in [2.05, 4.69) is 6.92 Å². The molecule has 0 atom stereocenters. The summed E-state index contributed by atoms with van der Waals surface area (Å²) in [6.07, 6.45) is 7.43. The highest BCUT2D eigenvalue weighted by Crippen LogP contribution is 2.15. The number of aliphatic carboxylic acids is 1. The Bertz CT molecular complexity index is 432. The number of rotatable bonds is 9. The first-order chi connectivity index (χ1) is 9.67. The van der Waals surface area contributed by atoms with E-state index < -0.39 is 5.97 Å². The molecule has 0 bridgehead atoms. The normalized spacial score (nSPS) is 11.4. The molecule has 3 heteroatoms. The van der Waals surface area contributed by atoms with Crippen LogP contribution in [0.4, 0.5) is 0 Å². The molecule has 1 rings (SSSR count). The number of carboxylic acids is 1. The Morgan fingerprint density at radius 3 is 2.50 bits per heavy atom. The van der Waals surface area contributed by atoms with Crippen LogP contribution in [-0.4, -0.2) is 18.2 Å². The van der Waals surface area contributed by atoms with Crippen molar-refractivity contribution in [2.24, 2.45) is 0 Å². The van der Waals surface area contributed by atoms with Gasteiger partial charge >= 0.3 is 5.97 Å². The zero-order valence-electron chi connectivity index (χ0n) is 12.4. The summed E-state index contributed by atoms with van der Waals surface area (Å²) in [6, 6.07) is 7.77. The van der Waals surface area contributed by atoms with E-state index in [0.717, 1.165) is 43.4 Å². The molecule has 0 saturated carbocycles. The van der Waals surface area contributed by atoms with Crippen molar-refractivity contribution in [3.63, 3.8) is 0 Å². The second-order valence-corrected chi connectivity index (χ2v) is 4.88. The zero-order valence-corrected chi connectivity index (χ0v) is 12.4. The van der Waals surface area contributed by atoms with Gasteiger partial charge in [0, 0.05) is 5.57 Å². The minimum Gasteiger partial charge on any atom is -0.497 e. The van der Waals surface area contributed by atoms with Crippen molar-refractivity contribution in [3.8, 4) is 5.75 Å². The van der Waals surface area contributed by atoms with Gasteiger partial charge in [-0.25, -0.2) is 4.79 Å². The van der Waals surface area contributed by atoms with Gasteiger partial charge in [0.15, 0.2) is 0 Å². The maximum Gasteiger partial charge on any atom is 0.331 e. The number of unbranched alkanes of at least 4 members (excludes halogenated alkanes) is 3. The van der Waals surface area contributed by atoms with Crippen molar-refractivity contribution in [1.82, 2.24) is 0 Å². The smallest absolute Gasteiger partial charge is 0.331 e. The molecule has 0 aliphatic heterocycles. The molecule has 0 amide bonds. The van der Waals surface area contributed by atoms with Gasteiger partial charge in [-0.1, -0.05) is 38.0 Å². The first kappa shape index (κ1) is 16.3. The Balaban J connectivity index is 2.51. The molecular formula is C17H24O3. The third-order valence-electron chi connectivity index (χ3n) is 3.32. The lowest BCUT2D eigenvalue weighted by Gasteiger charge is -2.05. The van der Waals surface area contributed by atoms with Gasteiger partial charge in [-0.05, 0) is 43.4 Å². The molecule has 1 aromatic carbocycles. The molecule has 110 valence electrons. The number of carbonyl (C=O) groups is 1. The van der Waals surface area contributed by atoms with Crippen LogP contribution in [0.2, 0.25) is 0 Å². The standard InChI is InChI=1S/C17H24O3/c1-3-4-5-6-7-15(17(18)19)11-8-14-9-12-16(20-2)13-10-14/h7,9-10,12-13H,3-6,8,11H2,1-2H3,(H,18,19). The molecule has 0 aliphatic rings. The number of aryl methyl sites for hydroxylation is 1. The number of hydrogen-bond donors (Lipinski definition) is 1. The second kappa shape index (κ2) is 9.18. The zero-order chi connectivity index (χ0) is 14.8. The predicted octanol–water partition coefficient (Wildman–Crippen LogP) is 4.22. The number of benzene rings is 1. The summed E-state index contributed by atoms with van der Waals surface area (Å²) in [4.78, 5) is 11.2. The van der Waals surface area contributed by atoms with E-state index in [1.54, 1.807) is 7.11 Å². The van der Waals surface area contributed by atoms with Crippen molar-refractivity contribution in [3.05, 3.63) is 41.5 Å². The molecule has 0 fully saturated rings. The molecule has 0 unspecified atom stereocenters. The monoisotopic (exact) mass is 276 g/mol. The largest absolute Gasteiger partial charge is 0.497 e. The van der Waals surface area contributed by atoms with Gasteiger partial charge in [0.25, 0.3) is 0 Å². The van der Waals surface area contributed by atoms with E-state index in [-0.39, 0.29) is 0 Å². The quantitative estimate of drug-likeness (QED) is 0.542. The van der Waals surface area contributed by atoms with Gasteiger partial charge in [0.05, 0.1) is 7.11 Å². The van der Waals surface area contributed by atoms with Gasteiger partial charge in [0.1, 0.15) is 5.75 Å². The lowest BCUT2D eigenvalue weighted by Crippen LogP contribution is -2.02. The molecular weight excluding hydrogens is 252 g/mol. The topological polar surface area (TPSA) is 46.5 Å². The Kier molecular flexibility index (Phi) is 7.48. The van der Waals surface area contributed by atoms with E-state index in [0.29, 0.717) is 12.0 Å². The fraction of sp³-hybridized carbons (Fsp3) is 0.471. The van der Waals surface area contributed by atoms with Gasteiger partial charge in [-0.3, -0.25) is 0 Å². The van der Waals surface area contributed by atoms with Crippen LogP contribution >= 0.6 is 0 Å². The molecule has 0 spiro atoms. The Hall–Kier alpha value is -1.77. The van der Waals surface area contributed by atoms with E-state index in [1.165, 1.54) is 0 Å². The van der Waals surface area contributed by atoms with E-state index in [1.807, 2.05) is 30.3 Å². The van der Waals surface area contributed by atoms with Gasteiger partial charge in [-0.2, -0.15) is 0 Å². The van der Waals surface area contributed by atoms with Crippen LogP contribution in [0, 0.1) is 0 Å². The molecule has 1 aromatic rings. The highest BCUT2D eigenvalue weighted by molar-refractivity contribution is 5.86. The SMILES string of the molecule is CCCCCC=C(CCc1ccc(OC)cc1)C(=O)O. The van der Waals surface area contributed by atoms with Crippen LogP contribution in [0.3, 0.4) is 0 Å². The molecule has 0 aromatic heterocycles. The van der Waals surface area contributed by atoms with Crippen molar-refractivity contribution >= 4 is 5.97 Å². The van der Waals surface area contributed by atoms with Crippen LogP contribution in [0.5, 0.6) is 5.75 Å². The highest BCUT2D eigenvalue weighted by atomic mass is 16.5. The third kappa shape index (κ3) is 5.91. The summed E-state index contributed by atoms with van der Waals surface area (Å²) in [5, 5.41) is 9.20. The highest BCUT2D eigenvalue weighted by Gasteiger charge is 2.07. The summed E-state index contributed by atoms with van der Waals surface area (Å²) in [7, 11) is 1.64. The minimum atomic E-state index is -0.796. The molecule has 0 saturated heterocycles. The van der Waals surface area contributed by atoms with Gasteiger partial charge in [-0.15, -0.1) is 0 Å². The molecule has 0 heterocycles. The Morgan fingerprint density at radius 2 is 1.95 bits per heavy atom. The van der Waals surface area contributed by atoms with Crippen molar-refractivity contribution < 1.29 is 14.6 Å². The summed E-state index contributed by atoms with van der Waals surface area (Å²) in [5.74, 6) is 0.0253. The number of carboxylic acid groups (broad SMARTS) is 1. The number of ether oxygens (including phenoxy) is 1.